The molecule has 4 fully saturated rings. The van der Waals surface area contributed by atoms with E-state index in [4.69, 9.17) is 23.4 Å². The van der Waals surface area contributed by atoms with Gasteiger partial charge in [0.25, 0.3) is 0 Å². The molecule has 1 saturated carbocycles. The second-order valence-corrected chi connectivity index (χ2v) is 11.1. The van der Waals surface area contributed by atoms with Crippen LogP contribution in [0.25, 0.3) is 0 Å². The van der Waals surface area contributed by atoms with Gasteiger partial charge in [0.15, 0.2) is 6.29 Å². The Morgan fingerprint density at radius 1 is 1.06 bits per heavy atom. The van der Waals surface area contributed by atoms with Crippen molar-refractivity contribution in [1.29, 1.82) is 0 Å². The Balaban J connectivity index is 1.55. The van der Waals surface area contributed by atoms with Crippen molar-refractivity contribution < 1.29 is 48.6 Å². The summed E-state index contributed by atoms with van der Waals surface area (Å²) in [4.78, 5) is 26.0. The molecule has 0 aromatic carbocycles. The number of hydrogen-bond donors (Lipinski definition) is 4. The topological polar surface area (TPSA) is 168 Å². The summed E-state index contributed by atoms with van der Waals surface area (Å²) in [5.41, 5.74) is -1.67. The lowest BCUT2D eigenvalue weighted by Gasteiger charge is -2.53. The lowest BCUT2D eigenvalue weighted by atomic mass is 9.48. The molecule has 0 spiro atoms. The molecule has 11 nitrogen and oxygen atoms in total. The molecule has 5 aliphatic rings. The molecule has 12 unspecified atom stereocenters. The highest BCUT2D eigenvalue weighted by molar-refractivity contribution is 5.82. The smallest absolute Gasteiger partial charge is 0.336 e. The Labute approximate surface area is 200 Å². The van der Waals surface area contributed by atoms with Crippen LogP contribution in [-0.2, 0) is 29.2 Å². The minimum atomic E-state index is -1.58. The quantitative estimate of drug-likeness (QED) is 0.307. The van der Waals surface area contributed by atoms with Crippen LogP contribution >= 0.6 is 0 Å². The van der Waals surface area contributed by atoms with Crippen molar-refractivity contribution in [3.8, 4) is 0 Å². The summed E-state index contributed by atoms with van der Waals surface area (Å²) in [7, 11) is 0. The highest BCUT2D eigenvalue weighted by Crippen LogP contribution is 2.68. The zero-order chi connectivity index (χ0) is 25.2. The van der Waals surface area contributed by atoms with Crippen LogP contribution < -0.4 is 5.63 Å². The van der Waals surface area contributed by atoms with E-state index in [2.05, 4.69) is 0 Å². The normalized spacial score (nSPS) is 49.8. The van der Waals surface area contributed by atoms with Crippen LogP contribution in [0.15, 0.2) is 15.3 Å². The SMILES string of the molecule is CC(C)c1oc(=O)cc2c1C(OC1OCC(O)C(O)C1O)C1OC(=O)C3(C)C(O)C4OC4C2(C)C13. The molecule has 2 aliphatic carbocycles. The molecular formula is C24H30O11. The molecule has 4 N–H and O–H groups in total. The van der Waals surface area contributed by atoms with Crippen LogP contribution in [0, 0.1) is 11.3 Å². The first-order chi connectivity index (χ1) is 16.4. The molecule has 1 aromatic heterocycles. The molecule has 4 heterocycles. The largest absolute Gasteiger partial charge is 0.458 e. The van der Waals surface area contributed by atoms with Gasteiger partial charge in [0.1, 0.15) is 47.8 Å². The van der Waals surface area contributed by atoms with Crippen molar-refractivity contribution in [2.75, 3.05) is 6.61 Å². The Bertz CT molecular complexity index is 1130. The molecule has 0 amide bonds. The molecule has 3 aliphatic heterocycles. The molecule has 3 saturated heterocycles. The van der Waals surface area contributed by atoms with Gasteiger partial charge in [-0.05, 0) is 12.5 Å². The number of hydrogen-bond acceptors (Lipinski definition) is 11. The maximum absolute atomic E-state index is 13.3. The van der Waals surface area contributed by atoms with E-state index < -0.39 is 83.5 Å². The first kappa shape index (κ1) is 23.5. The summed E-state index contributed by atoms with van der Waals surface area (Å²) in [6.45, 7) is 6.97. The van der Waals surface area contributed by atoms with E-state index in [1.54, 1.807) is 6.92 Å². The first-order valence-electron chi connectivity index (χ1n) is 12.0. The predicted molar refractivity (Wildman–Crippen MR) is 114 cm³/mol. The average Bonchev–Trinajstić information content (AvgIpc) is 3.56. The predicted octanol–water partition coefficient (Wildman–Crippen LogP) is -0.779. The number of carbonyl (C=O) groups is 1. The Morgan fingerprint density at radius 3 is 2.46 bits per heavy atom. The molecule has 0 bridgehead atoms. The van der Waals surface area contributed by atoms with Gasteiger partial charge in [0, 0.05) is 28.9 Å². The van der Waals surface area contributed by atoms with Gasteiger partial charge in [0.2, 0.25) is 0 Å². The Morgan fingerprint density at radius 2 is 1.77 bits per heavy atom. The van der Waals surface area contributed by atoms with Gasteiger partial charge in [-0.2, -0.15) is 0 Å². The number of epoxide rings is 1. The van der Waals surface area contributed by atoms with Gasteiger partial charge < -0.3 is 43.8 Å². The maximum atomic E-state index is 13.3. The first-order valence-corrected chi connectivity index (χ1v) is 12.0. The van der Waals surface area contributed by atoms with E-state index in [1.165, 1.54) is 6.07 Å². The molecule has 12 atom stereocenters. The van der Waals surface area contributed by atoms with Crippen molar-refractivity contribution in [1.82, 2.24) is 0 Å². The van der Waals surface area contributed by atoms with Gasteiger partial charge in [-0.3, -0.25) is 4.79 Å². The van der Waals surface area contributed by atoms with Gasteiger partial charge in [-0.25, -0.2) is 4.79 Å². The number of aliphatic hydroxyl groups is 4. The molecule has 35 heavy (non-hydrogen) atoms. The van der Waals surface area contributed by atoms with Crippen molar-refractivity contribution >= 4 is 5.97 Å². The van der Waals surface area contributed by atoms with E-state index in [0.717, 1.165) is 0 Å². The molecule has 11 heteroatoms. The van der Waals surface area contributed by atoms with Crippen LogP contribution in [0.2, 0.25) is 0 Å². The number of aliphatic hydroxyl groups excluding tert-OH is 4. The fourth-order valence-electron chi connectivity index (χ4n) is 7.02. The number of carbonyl (C=O) groups excluding carboxylic acids is 1. The summed E-state index contributed by atoms with van der Waals surface area (Å²) in [6, 6.07) is 1.38. The lowest BCUT2D eigenvalue weighted by molar-refractivity contribution is -0.295. The van der Waals surface area contributed by atoms with Gasteiger partial charge in [-0.1, -0.05) is 20.8 Å². The van der Waals surface area contributed by atoms with E-state index >= 15 is 0 Å². The van der Waals surface area contributed by atoms with Gasteiger partial charge in [0.05, 0.1) is 18.8 Å². The standard InChI is InChI=1S/C24H30O11/c1-7(2)14-11-8(5-10(26)32-14)23(3)18-16(15(11)34-21-13(28)12(27)9(25)6-31-21)35-22(30)24(18,4)19(29)17-20(23)33-17/h5,7,9,12-13,15-21,25,27-29H,6H2,1-4H3. The fourth-order valence-corrected chi connectivity index (χ4v) is 7.02. The highest BCUT2D eigenvalue weighted by atomic mass is 16.7. The monoisotopic (exact) mass is 494 g/mol. The fraction of sp³-hybridized carbons (Fsp3) is 0.750. The second kappa shape index (κ2) is 7.34. The summed E-state index contributed by atoms with van der Waals surface area (Å²) in [5, 5.41) is 41.7. The van der Waals surface area contributed by atoms with E-state index in [-0.39, 0.29) is 12.5 Å². The van der Waals surface area contributed by atoms with Crippen molar-refractivity contribution in [3.63, 3.8) is 0 Å². The van der Waals surface area contributed by atoms with Crippen LogP contribution in [0.4, 0.5) is 0 Å². The lowest BCUT2D eigenvalue weighted by Crippen LogP contribution is -2.63. The van der Waals surface area contributed by atoms with Crippen LogP contribution in [-0.4, -0.2) is 82.0 Å². The van der Waals surface area contributed by atoms with E-state index in [9.17, 15) is 30.0 Å². The van der Waals surface area contributed by atoms with Crippen LogP contribution in [0.5, 0.6) is 0 Å². The molecular weight excluding hydrogens is 464 g/mol. The zero-order valence-corrected chi connectivity index (χ0v) is 19.8. The summed E-state index contributed by atoms with van der Waals surface area (Å²) >= 11 is 0. The van der Waals surface area contributed by atoms with Crippen molar-refractivity contribution in [3.05, 3.63) is 33.4 Å². The maximum Gasteiger partial charge on any atom is 0.336 e. The molecule has 6 rings (SSSR count). The van der Waals surface area contributed by atoms with Crippen molar-refractivity contribution in [2.45, 2.75) is 94.1 Å². The number of ether oxygens (including phenoxy) is 4. The summed E-state index contributed by atoms with van der Waals surface area (Å²) in [5.74, 6) is -1.14. The Kier molecular flexibility index (Phi) is 4.94. The van der Waals surface area contributed by atoms with Gasteiger partial charge in [-0.15, -0.1) is 0 Å². The highest BCUT2D eigenvalue weighted by Gasteiger charge is 2.80. The van der Waals surface area contributed by atoms with Crippen molar-refractivity contribution in [2.24, 2.45) is 11.3 Å². The third kappa shape index (κ3) is 2.85. The number of esters is 1. The summed E-state index contributed by atoms with van der Waals surface area (Å²) in [6.07, 6.45) is -9.82. The second-order valence-electron chi connectivity index (χ2n) is 11.1. The van der Waals surface area contributed by atoms with Crippen LogP contribution in [0.3, 0.4) is 0 Å². The van der Waals surface area contributed by atoms with Gasteiger partial charge >= 0.3 is 11.6 Å². The zero-order valence-electron chi connectivity index (χ0n) is 19.8. The third-order valence-electron chi connectivity index (χ3n) is 8.80. The van der Waals surface area contributed by atoms with Crippen LogP contribution in [0.1, 0.15) is 56.6 Å². The minimum absolute atomic E-state index is 0.248. The summed E-state index contributed by atoms with van der Waals surface area (Å²) < 4.78 is 29.1. The average molecular weight is 494 g/mol. The molecule has 1 aromatic rings. The Hall–Kier alpha value is -1.86. The minimum Gasteiger partial charge on any atom is -0.458 e. The van der Waals surface area contributed by atoms with E-state index in [1.807, 2.05) is 20.8 Å². The number of fused-ring (bicyclic) bond motifs is 4. The molecule has 192 valence electrons. The third-order valence-corrected chi connectivity index (χ3v) is 8.80. The number of rotatable bonds is 3. The molecule has 0 radical (unpaired) electrons. The van der Waals surface area contributed by atoms with E-state index in [0.29, 0.717) is 16.9 Å².